The van der Waals surface area contributed by atoms with E-state index in [1.165, 1.54) is 31.4 Å². The number of methoxy groups -OCH3 is 1. The molecule has 0 aromatic heterocycles. The monoisotopic (exact) mass is 581 g/mol. The minimum absolute atomic E-state index is 0. The van der Waals surface area contributed by atoms with Gasteiger partial charge in [0.15, 0.2) is 0 Å². The number of nitrogens with one attached hydrogen (secondary N) is 1. The molecule has 13 heteroatoms. The Morgan fingerprint density at radius 2 is 1.74 bits per heavy atom. The number of ether oxygens (including phenoxy) is 1. The number of hydrogen-bond donors (Lipinski definition) is 2. The molecule has 38 heavy (non-hydrogen) atoms. The fraction of sp³-hybridized carbons (Fsp3) is 0.0800. The van der Waals surface area contributed by atoms with E-state index in [1.54, 1.807) is 37.3 Å². The summed E-state index contributed by atoms with van der Waals surface area (Å²) in [4.78, 5) is 12.6. The Labute approximate surface area is 250 Å². The average molecular weight is 582 g/mol. The van der Waals surface area contributed by atoms with Crippen LogP contribution in [0.2, 0.25) is 10.0 Å². The minimum atomic E-state index is -4.67. The third-order valence-corrected chi connectivity index (χ3v) is 7.04. The molecule has 0 atom stereocenters. The largest absolute Gasteiger partial charge is 1.00 e. The van der Waals surface area contributed by atoms with Gasteiger partial charge in [0.25, 0.3) is 16.0 Å². The molecular weight excluding hydrogens is 564 g/mol. The van der Waals surface area contributed by atoms with Crippen molar-refractivity contribution >= 4 is 67.1 Å². The van der Waals surface area contributed by atoms with Crippen LogP contribution in [0, 0.1) is 6.92 Å². The van der Waals surface area contributed by atoms with Crippen LogP contribution in [0.4, 0.5) is 17.1 Å². The maximum absolute atomic E-state index is 13.4. The molecule has 0 spiro atoms. The Hall–Kier alpha value is -2.70. The molecule has 0 unspecified atom stereocenters. The van der Waals surface area contributed by atoms with Crippen LogP contribution in [0.5, 0.6) is 11.5 Å². The molecule has 0 aliphatic heterocycles. The average Bonchev–Trinajstić information content (AvgIpc) is 2.85. The molecule has 4 aromatic rings. The molecule has 0 saturated heterocycles. The summed E-state index contributed by atoms with van der Waals surface area (Å²) in [6.07, 6.45) is 0. The van der Waals surface area contributed by atoms with Gasteiger partial charge in [0, 0.05) is 22.0 Å². The van der Waals surface area contributed by atoms with Crippen LogP contribution in [-0.4, -0.2) is 26.0 Å². The number of fused-ring (bicyclic) bond motifs is 1. The second-order valence-corrected chi connectivity index (χ2v) is 10.1. The number of halogens is 2. The van der Waals surface area contributed by atoms with Crippen molar-refractivity contribution in [1.29, 1.82) is 0 Å². The first-order valence-corrected chi connectivity index (χ1v) is 12.8. The molecule has 9 nitrogen and oxygen atoms in total. The maximum Gasteiger partial charge on any atom is 1.00 e. The molecule has 0 saturated carbocycles. The van der Waals surface area contributed by atoms with Crippen molar-refractivity contribution < 1.29 is 57.2 Å². The number of aryl methyl sites for hydroxylation is 1. The number of rotatable bonds is 6. The van der Waals surface area contributed by atoms with Crippen molar-refractivity contribution in [2.24, 2.45) is 10.2 Å². The first-order chi connectivity index (χ1) is 17.5. The zero-order valence-electron chi connectivity index (χ0n) is 20.3. The summed E-state index contributed by atoms with van der Waals surface area (Å²) < 4.78 is 38.5. The van der Waals surface area contributed by atoms with Crippen LogP contribution in [0.1, 0.15) is 15.9 Å². The van der Waals surface area contributed by atoms with Gasteiger partial charge in [0.1, 0.15) is 16.3 Å². The van der Waals surface area contributed by atoms with E-state index in [9.17, 15) is 22.9 Å². The molecular formula is C25H18Cl2N3NaO6S. The smallest absolute Gasteiger partial charge is 0.870 e. The Kier molecular flexibility index (Phi) is 9.43. The molecule has 0 radical (unpaired) electrons. The van der Waals surface area contributed by atoms with E-state index in [4.69, 9.17) is 27.9 Å². The van der Waals surface area contributed by atoms with E-state index in [-0.39, 0.29) is 62.2 Å². The fourth-order valence-corrected chi connectivity index (χ4v) is 4.54. The first-order valence-electron chi connectivity index (χ1n) is 10.6. The Bertz CT molecular complexity index is 1700. The molecule has 190 valence electrons. The summed E-state index contributed by atoms with van der Waals surface area (Å²) in [6, 6.07) is 15.1. The predicted molar refractivity (Wildman–Crippen MR) is 140 cm³/mol. The van der Waals surface area contributed by atoms with Crippen molar-refractivity contribution in [3.8, 4) is 11.5 Å². The van der Waals surface area contributed by atoms with E-state index < -0.39 is 26.7 Å². The Morgan fingerprint density at radius 3 is 2.42 bits per heavy atom. The molecule has 0 fully saturated rings. The number of azo groups is 1. The van der Waals surface area contributed by atoms with Gasteiger partial charge in [0.2, 0.25) is 0 Å². The maximum atomic E-state index is 13.4. The van der Waals surface area contributed by atoms with Crippen LogP contribution >= 0.6 is 23.2 Å². The number of hydrogen-bond acceptors (Lipinski definition) is 7. The van der Waals surface area contributed by atoms with Crippen molar-refractivity contribution in [3.05, 3.63) is 81.8 Å². The van der Waals surface area contributed by atoms with E-state index in [2.05, 4.69) is 15.5 Å². The fourth-order valence-electron chi connectivity index (χ4n) is 3.53. The van der Waals surface area contributed by atoms with Crippen molar-refractivity contribution in [3.63, 3.8) is 0 Å². The van der Waals surface area contributed by atoms with Gasteiger partial charge < -0.3 is 15.2 Å². The molecule has 0 aliphatic rings. The van der Waals surface area contributed by atoms with Gasteiger partial charge >= 0.3 is 29.6 Å². The standard InChI is InChI=1S/C25H19Cl2N3O6S.Na/c1-13-9-22(37(33,34)35)21(12-19(13)27)29-30-23-16-6-4-3-5-14(16)10-17(24(23)31)25(32)28-20-11-15(36-2)7-8-18(20)26;/h3-12,31H,1-2H3,(H,28,32)(H,33,34,35);/q;+1/p-1. The minimum Gasteiger partial charge on any atom is -0.870 e. The number of amides is 1. The number of carbonyl (C=O) groups excluding carboxylic acids is 1. The molecule has 0 bridgehead atoms. The SMILES string of the molecule is COc1ccc(Cl)c(NC(=O)c2cc3ccccc3c(N=Nc3cc(Cl)c(C)cc3S(=O)(=O)O)c2[O-])c1.[Na+]. The van der Waals surface area contributed by atoms with Gasteiger partial charge in [-0.3, -0.25) is 9.35 Å². The molecule has 0 heterocycles. The molecule has 0 aliphatic carbocycles. The zero-order chi connectivity index (χ0) is 26.9. The van der Waals surface area contributed by atoms with E-state index in [0.29, 0.717) is 22.1 Å². The van der Waals surface area contributed by atoms with Gasteiger partial charge in [-0.15, -0.1) is 5.11 Å². The number of benzene rings is 4. The summed E-state index contributed by atoms with van der Waals surface area (Å²) in [5.41, 5.74) is -0.118. The molecule has 4 rings (SSSR count). The Morgan fingerprint density at radius 1 is 1.03 bits per heavy atom. The van der Waals surface area contributed by atoms with Gasteiger partial charge in [-0.05, 0) is 48.2 Å². The van der Waals surface area contributed by atoms with Gasteiger partial charge in [-0.2, -0.15) is 13.5 Å². The van der Waals surface area contributed by atoms with E-state index in [1.807, 2.05) is 0 Å². The van der Waals surface area contributed by atoms with Crippen LogP contribution < -0.4 is 44.7 Å². The van der Waals surface area contributed by atoms with Gasteiger partial charge in [-0.25, -0.2) is 0 Å². The summed E-state index contributed by atoms with van der Waals surface area (Å²) in [7, 11) is -3.21. The zero-order valence-corrected chi connectivity index (χ0v) is 24.6. The van der Waals surface area contributed by atoms with Crippen LogP contribution in [-0.2, 0) is 10.1 Å². The molecule has 1 amide bonds. The Balaban J connectivity index is 0.00000400. The third kappa shape index (κ3) is 6.29. The van der Waals surface area contributed by atoms with Crippen molar-refractivity contribution in [2.75, 3.05) is 12.4 Å². The van der Waals surface area contributed by atoms with E-state index >= 15 is 0 Å². The van der Waals surface area contributed by atoms with Crippen LogP contribution in [0.15, 0.2) is 75.8 Å². The summed E-state index contributed by atoms with van der Waals surface area (Å²) in [6.45, 7) is 1.55. The molecule has 4 aromatic carbocycles. The van der Waals surface area contributed by atoms with Crippen LogP contribution in [0.3, 0.4) is 0 Å². The first kappa shape index (κ1) is 29.9. The van der Waals surface area contributed by atoms with Gasteiger partial charge in [0.05, 0.1) is 23.5 Å². The topological polar surface area (TPSA) is 140 Å². The second kappa shape index (κ2) is 12.0. The van der Waals surface area contributed by atoms with Crippen molar-refractivity contribution in [1.82, 2.24) is 0 Å². The number of anilines is 1. The summed E-state index contributed by atoms with van der Waals surface area (Å²) in [5, 5.41) is 25.2. The molecule has 2 N–H and O–H groups in total. The third-order valence-electron chi connectivity index (χ3n) is 5.42. The second-order valence-electron chi connectivity index (χ2n) is 7.87. The van der Waals surface area contributed by atoms with Gasteiger partial charge in [-0.1, -0.05) is 53.2 Å². The number of nitrogens with zero attached hydrogens (tertiary/aromatic N) is 2. The number of carbonyl (C=O) groups is 1. The summed E-state index contributed by atoms with van der Waals surface area (Å²) in [5.74, 6) is -1.06. The van der Waals surface area contributed by atoms with Crippen molar-refractivity contribution in [2.45, 2.75) is 11.8 Å². The predicted octanol–water partition coefficient (Wildman–Crippen LogP) is 3.46. The van der Waals surface area contributed by atoms with Crippen LogP contribution in [0.25, 0.3) is 10.8 Å². The summed E-state index contributed by atoms with van der Waals surface area (Å²) >= 11 is 12.3. The van der Waals surface area contributed by atoms with E-state index in [0.717, 1.165) is 6.07 Å². The quantitative estimate of drug-likeness (QED) is 0.203. The normalized spacial score (nSPS) is 11.4.